The predicted molar refractivity (Wildman–Crippen MR) is 56.6 cm³/mol. The molecule has 0 aromatic carbocycles. The molecule has 0 bridgehead atoms. The molecule has 1 aromatic heterocycles. The van der Waals surface area contributed by atoms with Gasteiger partial charge in [0.1, 0.15) is 5.82 Å². The zero-order valence-electron chi connectivity index (χ0n) is 9.98. The summed E-state index contributed by atoms with van der Waals surface area (Å²) < 4.78 is 38.9. The van der Waals surface area contributed by atoms with Gasteiger partial charge in [0.2, 0.25) is 5.82 Å². The van der Waals surface area contributed by atoms with Crippen LogP contribution in [0.2, 0.25) is 0 Å². The Hall–Kier alpha value is -1.15. The highest BCUT2D eigenvalue weighted by Crippen LogP contribution is 2.29. The Bertz CT molecular complexity index is 418. The molecule has 0 saturated heterocycles. The van der Waals surface area contributed by atoms with Gasteiger partial charge in [-0.25, -0.2) is 0 Å². The second-order valence-corrected chi connectivity index (χ2v) is 4.39. The number of hydrogen-bond donors (Lipinski definition) is 1. The lowest BCUT2D eigenvalue weighted by Gasteiger charge is -2.29. The van der Waals surface area contributed by atoms with Crippen molar-refractivity contribution in [2.24, 2.45) is 0 Å². The van der Waals surface area contributed by atoms with Crippen LogP contribution in [0.1, 0.15) is 25.0 Å². The van der Waals surface area contributed by atoms with Crippen molar-refractivity contribution in [2.45, 2.75) is 38.7 Å². The topological polar surface area (TPSA) is 54.2 Å². The third-order valence-electron chi connectivity index (χ3n) is 3.03. The van der Waals surface area contributed by atoms with Gasteiger partial charge in [-0.05, 0) is 6.42 Å². The second kappa shape index (κ2) is 4.85. The molecule has 1 atom stereocenters. The molecular formula is C10H15F3N4O. The van der Waals surface area contributed by atoms with E-state index in [-0.39, 0.29) is 6.54 Å². The van der Waals surface area contributed by atoms with Crippen molar-refractivity contribution in [1.82, 2.24) is 19.7 Å². The standard InChI is InChI=1S/C10H15F3N4O/c1-2-7(18)5-16-3-4-17-8(6-16)14-15-9(17)10(11,12)13/h7,18H,2-6H2,1H3. The molecular weight excluding hydrogens is 249 g/mol. The number of rotatable bonds is 3. The molecule has 0 radical (unpaired) electrons. The van der Waals surface area contributed by atoms with Crippen LogP contribution in [0.4, 0.5) is 13.2 Å². The van der Waals surface area contributed by atoms with Crippen LogP contribution >= 0.6 is 0 Å². The van der Waals surface area contributed by atoms with Crippen LogP contribution in [0.15, 0.2) is 0 Å². The third-order valence-corrected chi connectivity index (χ3v) is 3.03. The number of halogens is 3. The lowest BCUT2D eigenvalue weighted by atomic mass is 10.2. The number of β-amino-alcohol motifs (C(OH)–C–C–N with tert-alkyl or cyclic N) is 1. The van der Waals surface area contributed by atoms with E-state index in [1.165, 1.54) is 0 Å². The van der Waals surface area contributed by atoms with E-state index in [4.69, 9.17) is 0 Å². The average molecular weight is 264 g/mol. The fourth-order valence-corrected chi connectivity index (χ4v) is 2.00. The van der Waals surface area contributed by atoms with Crippen LogP contribution in [0.5, 0.6) is 0 Å². The maximum atomic E-state index is 12.6. The summed E-state index contributed by atoms with van der Waals surface area (Å²) in [4.78, 5) is 1.89. The van der Waals surface area contributed by atoms with Crippen LogP contribution in [-0.2, 0) is 19.3 Å². The zero-order chi connectivity index (χ0) is 13.3. The van der Waals surface area contributed by atoms with Crippen LogP contribution in [0, 0.1) is 0 Å². The highest BCUT2D eigenvalue weighted by Gasteiger charge is 2.39. The molecule has 1 aromatic rings. The van der Waals surface area contributed by atoms with E-state index in [2.05, 4.69) is 10.2 Å². The Kier molecular flexibility index (Phi) is 3.58. The fraction of sp³-hybridized carbons (Fsp3) is 0.800. The number of aliphatic hydroxyl groups excluding tert-OH is 1. The van der Waals surface area contributed by atoms with Crippen molar-refractivity contribution >= 4 is 0 Å². The third kappa shape index (κ3) is 2.64. The number of aromatic nitrogens is 3. The highest BCUT2D eigenvalue weighted by molar-refractivity contribution is 5.02. The normalized spacial score (nSPS) is 18.7. The molecule has 1 unspecified atom stereocenters. The molecule has 5 nitrogen and oxygen atoms in total. The first-order chi connectivity index (χ1) is 8.41. The fourth-order valence-electron chi connectivity index (χ4n) is 2.00. The minimum absolute atomic E-state index is 0.202. The van der Waals surface area contributed by atoms with Crippen LogP contribution < -0.4 is 0 Å². The summed E-state index contributed by atoms with van der Waals surface area (Å²) in [6.07, 6.45) is -4.30. The number of aliphatic hydroxyl groups is 1. The van der Waals surface area contributed by atoms with Crippen LogP contribution in [0.3, 0.4) is 0 Å². The second-order valence-electron chi connectivity index (χ2n) is 4.39. The van der Waals surface area contributed by atoms with E-state index in [9.17, 15) is 18.3 Å². The van der Waals surface area contributed by atoms with Crippen LogP contribution in [0.25, 0.3) is 0 Å². The lowest BCUT2D eigenvalue weighted by Crippen LogP contribution is -2.39. The zero-order valence-corrected chi connectivity index (χ0v) is 9.98. The molecule has 0 spiro atoms. The van der Waals surface area contributed by atoms with Crippen molar-refractivity contribution in [2.75, 3.05) is 13.1 Å². The minimum Gasteiger partial charge on any atom is -0.392 e. The van der Waals surface area contributed by atoms with Gasteiger partial charge in [0.05, 0.1) is 12.6 Å². The predicted octanol–water partition coefficient (Wildman–Crippen LogP) is 0.883. The Morgan fingerprint density at radius 1 is 1.33 bits per heavy atom. The molecule has 0 fully saturated rings. The van der Waals surface area contributed by atoms with Crippen LogP contribution in [-0.4, -0.2) is 44.0 Å². The van der Waals surface area contributed by atoms with E-state index < -0.39 is 18.1 Å². The number of nitrogens with zero attached hydrogens (tertiary/aromatic N) is 4. The molecule has 1 aliphatic heterocycles. The van der Waals surface area contributed by atoms with E-state index in [0.29, 0.717) is 31.9 Å². The van der Waals surface area contributed by atoms with Gasteiger partial charge in [-0.1, -0.05) is 6.92 Å². The maximum absolute atomic E-state index is 12.6. The van der Waals surface area contributed by atoms with Crippen molar-refractivity contribution in [3.63, 3.8) is 0 Å². The Morgan fingerprint density at radius 2 is 2.06 bits per heavy atom. The monoisotopic (exact) mass is 264 g/mol. The molecule has 0 aliphatic carbocycles. The SMILES string of the molecule is CCC(O)CN1CCn2c(nnc2C(F)(F)F)C1. The summed E-state index contributed by atoms with van der Waals surface area (Å²) in [7, 11) is 0. The summed E-state index contributed by atoms with van der Waals surface area (Å²) in [5, 5.41) is 16.3. The van der Waals surface area contributed by atoms with Crippen molar-refractivity contribution in [1.29, 1.82) is 0 Å². The molecule has 2 rings (SSSR count). The number of fused-ring (bicyclic) bond motifs is 1. The molecule has 8 heteroatoms. The van der Waals surface area contributed by atoms with Gasteiger partial charge in [-0.15, -0.1) is 10.2 Å². The van der Waals surface area contributed by atoms with Gasteiger partial charge in [0.25, 0.3) is 0 Å². The lowest BCUT2D eigenvalue weighted by molar-refractivity contribution is -0.148. The van der Waals surface area contributed by atoms with Crippen molar-refractivity contribution in [3.8, 4) is 0 Å². The largest absolute Gasteiger partial charge is 0.451 e. The van der Waals surface area contributed by atoms with Crippen molar-refractivity contribution < 1.29 is 18.3 Å². The highest BCUT2D eigenvalue weighted by atomic mass is 19.4. The Balaban J connectivity index is 2.10. The van der Waals surface area contributed by atoms with Gasteiger partial charge >= 0.3 is 6.18 Å². The summed E-state index contributed by atoms with van der Waals surface area (Å²) in [6.45, 7) is 3.27. The molecule has 2 heterocycles. The molecule has 0 saturated carbocycles. The summed E-state index contributed by atoms with van der Waals surface area (Å²) in [6, 6.07) is 0. The van der Waals surface area contributed by atoms with E-state index >= 15 is 0 Å². The molecule has 102 valence electrons. The quantitative estimate of drug-likeness (QED) is 0.880. The Labute approximate surface area is 102 Å². The van der Waals surface area contributed by atoms with Gasteiger partial charge in [0, 0.05) is 19.6 Å². The maximum Gasteiger partial charge on any atom is 0.451 e. The number of hydrogen-bond acceptors (Lipinski definition) is 4. The van der Waals surface area contributed by atoms with Gasteiger partial charge in [0.15, 0.2) is 0 Å². The average Bonchev–Trinajstić information content (AvgIpc) is 2.71. The van der Waals surface area contributed by atoms with E-state index in [0.717, 1.165) is 4.57 Å². The van der Waals surface area contributed by atoms with E-state index in [1.807, 2.05) is 11.8 Å². The first kappa shape index (κ1) is 13.3. The molecule has 18 heavy (non-hydrogen) atoms. The smallest absolute Gasteiger partial charge is 0.392 e. The van der Waals surface area contributed by atoms with Gasteiger partial charge in [-0.2, -0.15) is 13.2 Å². The van der Waals surface area contributed by atoms with Crippen molar-refractivity contribution in [3.05, 3.63) is 11.6 Å². The first-order valence-electron chi connectivity index (χ1n) is 5.81. The minimum atomic E-state index is -4.46. The Morgan fingerprint density at radius 3 is 2.67 bits per heavy atom. The van der Waals surface area contributed by atoms with E-state index in [1.54, 1.807) is 0 Å². The van der Waals surface area contributed by atoms with Gasteiger partial charge in [-0.3, -0.25) is 4.90 Å². The summed E-state index contributed by atoms with van der Waals surface area (Å²) in [5.74, 6) is -0.634. The first-order valence-corrected chi connectivity index (χ1v) is 5.81. The molecule has 1 N–H and O–H groups in total. The summed E-state index contributed by atoms with van der Waals surface area (Å²) in [5.41, 5.74) is 0. The number of alkyl halides is 3. The molecule has 1 aliphatic rings. The molecule has 0 amide bonds. The summed E-state index contributed by atoms with van der Waals surface area (Å²) >= 11 is 0. The van der Waals surface area contributed by atoms with Gasteiger partial charge < -0.3 is 9.67 Å².